The Morgan fingerprint density at radius 3 is 2.43 bits per heavy atom. The fourth-order valence-electron chi connectivity index (χ4n) is 2.81. The first kappa shape index (κ1) is 14.4. The Balaban J connectivity index is 1.65. The summed E-state index contributed by atoms with van der Waals surface area (Å²) < 4.78 is 0. The number of para-hydroxylation sites is 1. The summed E-state index contributed by atoms with van der Waals surface area (Å²) in [5.74, 6) is 0. The van der Waals surface area contributed by atoms with E-state index in [9.17, 15) is 0 Å². The monoisotopic (exact) mass is 300 g/mol. The Hall–Kier alpha value is -1.51. The molecular weight excluding hydrogens is 280 g/mol. The second-order valence-corrected chi connectivity index (χ2v) is 6.06. The van der Waals surface area contributed by atoms with Crippen LogP contribution in [0.5, 0.6) is 0 Å². The van der Waals surface area contributed by atoms with Crippen molar-refractivity contribution in [2.24, 2.45) is 0 Å². The van der Waals surface area contributed by atoms with Gasteiger partial charge in [0.05, 0.1) is 0 Å². The molecule has 0 aromatic heterocycles. The predicted molar refractivity (Wildman–Crippen MR) is 89.7 cm³/mol. The van der Waals surface area contributed by atoms with Crippen LogP contribution in [-0.2, 0) is 13.1 Å². The van der Waals surface area contributed by atoms with Gasteiger partial charge in [0.1, 0.15) is 0 Å². The first-order chi connectivity index (χ1) is 10.3. The van der Waals surface area contributed by atoms with E-state index in [1.54, 1.807) is 0 Å². The van der Waals surface area contributed by atoms with Crippen LogP contribution in [0, 0.1) is 0 Å². The Labute approximate surface area is 131 Å². The summed E-state index contributed by atoms with van der Waals surface area (Å²) in [6.45, 7) is 4.33. The summed E-state index contributed by atoms with van der Waals surface area (Å²) in [5.41, 5.74) is 3.86. The zero-order chi connectivity index (χ0) is 14.5. The Bertz CT molecular complexity index is 574. The van der Waals surface area contributed by atoms with Gasteiger partial charge in [-0.3, -0.25) is 4.90 Å². The maximum absolute atomic E-state index is 5.92. The third kappa shape index (κ3) is 3.99. The molecule has 1 N–H and O–H groups in total. The van der Waals surface area contributed by atoms with Gasteiger partial charge in [-0.25, -0.2) is 0 Å². The number of hydrogen-bond acceptors (Lipinski definition) is 2. The summed E-state index contributed by atoms with van der Waals surface area (Å²) in [4.78, 5) is 2.53. The molecule has 3 rings (SSSR count). The second kappa shape index (κ2) is 6.97. The molecule has 1 aliphatic heterocycles. The van der Waals surface area contributed by atoms with Gasteiger partial charge in [-0.15, -0.1) is 0 Å². The molecule has 2 aromatic carbocycles. The summed E-state index contributed by atoms with van der Waals surface area (Å²) in [7, 11) is 0. The Morgan fingerprint density at radius 2 is 1.67 bits per heavy atom. The standard InChI is InChI=1S/C18H21ClN2/c19-17-9-7-15(8-10-17)13-20-18-6-2-1-5-16(18)14-21-11-3-4-12-21/h1-2,5-10,20H,3-4,11-14H2. The molecule has 0 bridgehead atoms. The molecule has 110 valence electrons. The molecule has 0 spiro atoms. The number of anilines is 1. The molecule has 2 aromatic rings. The van der Waals surface area contributed by atoms with Crippen molar-refractivity contribution in [3.8, 4) is 0 Å². The molecule has 0 aliphatic carbocycles. The normalized spacial score (nSPS) is 15.3. The van der Waals surface area contributed by atoms with Gasteiger partial charge >= 0.3 is 0 Å². The van der Waals surface area contributed by atoms with Gasteiger partial charge in [-0.1, -0.05) is 41.9 Å². The molecule has 1 aliphatic rings. The van der Waals surface area contributed by atoms with Crippen LogP contribution in [0.1, 0.15) is 24.0 Å². The average molecular weight is 301 g/mol. The van der Waals surface area contributed by atoms with Crippen LogP contribution in [0.2, 0.25) is 5.02 Å². The lowest BCUT2D eigenvalue weighted by Gasteiger charge is -2.18. The van der Waals surface area contributed by atoms with Crippen LogP contribution in [0.15, 0.2) is 48.5 Å². The van der Waals surface area contributed by atoms with Crippen LogP contribution in [-0.4, -0.2) is 18.0 Å². The van der Waals surface area contributed by atoms with E-state index in [0.29, 0.717) is 0 Å². The summed E-state index contributed by atoms with van der Waals surface area (Å²) in [6, 6.07) is 16.6. The number of hydrogen-bond donors (Lipinski definition) is 1. The van der Waals surface area contributed by atoms with Crippen molar-refractivity contribution in [2.45, 2.75) is 25.9 Å². The third-order valence-electron chi connectivity index (χ3n) is 4.01. The number of nitrogens with zero attached hydrogens (tertiary/aromatic N) is 1. The smallest absolute Gasteiger partial charge is 0.0406 e. The van der Waals surface area contributed by atoms with Crippen molar-refractivity contribution >= 4 is 17.3 Å². The lowest BCUT2D eigenvalue weighted by molar-refractivity contribution is 0.332. The molecule has 0 saturated carbocycles. The minimum atomic E-state index is 0.785. The number of benzene rings is 2. The van der Waals surface area contributed by atoms with Crippen molar-refractivity contribution in [1.82, 2.24) is 4.90 Å². The van der Waals surface area contributed by atoms with Gasteiger partial charge in [-0.05, 0) is 55.3 Å². The largest absolute Gasteiger partial charge is 0.381 e. The molecule has 1 fully saturated rings. The van der Waals surface area contributed by atoms with E-state index in [1.165, 1.54) is 42.7 Å². The van der Waals surface area contributed by atoms with Crippen LogP contribution < -0.4 is 5.32 Å². The lowest BCUT2D eigenvalue weighted by atomic mass is 10.1. The highest BCUT2D eigenvalue weighted by Crippen LogP contribution is 2.21. The van der Waals surface area contributed by atoms with Crippen molar-refractivity contribution in [1.29, 1.82) is 0 Å². The van der Waals surface area contributed by atoms with Gasteiger partial charge in [0.2, 0.25) is 0 Å². The van der Waals surface area contributed by atoms with Crippen LogP contribution >= 0.6 is 11.6 Å². The topological polar surface area (TPSA) is 15.3 Å². The number of halogens is 1. The molecule has 3 heteroatoms. The molecule has 1 heterocycles. The Morgan fingerprint density at radius 1 is 0.952 bits per heavy atom. The minimum Gasteiger partial charge on any atom is -0.381 e. The molecule has 0 unspecified atom stereocenters. The van der Waals surface area contributed by atoms with E-state index in [-0.39, 0.29) is 0 Å². The van der Waals surface area contributed by atoms with Crippen LogP contribution in [0.3, 0.4) is 0 Å². The van der Waals surface area contributed by atoms with Crippen LogP contribution in [0.25, 0.3) is 0 Å². The van der Waals surface area contributed by atoms with Gasteiger partial charge in [0, 0.05) is 23.8 Å². The summed E-state index contributed by atoms with van der Waals surface area (Å²) in [5, 5.41) is 4.34. The first-order valence-corrected chi connectivity index (χ1v) is 7.98. The van der Waals surface area contributed by atoms with E-state index >= 15 is 0 Å². The fourth-order valence-corrected chi connectivity index (χ4v) is 2.94. The van der Waals surface area contributed by atoms with Crippen LogP contribution in [0.4, 0.5) is 5.69 Å². The van der Waals surface area contributed by atoms with Crippen molar-refractivity contribution in [3.05, 3.63) is 64.7 Å². The van der Waals surface area contributed by atoms with E-state index < -0.39 is 0 Å². The summed E-state index contributed by atoms with van der Waals surface area (Å²) in [6.07, 6.45) is 2.67. The SMILES string of the molecule is Clc1ccc(CNc2ccccc2CN2CCCC2)cc1. The van der Waals surface area contributed by atoms with Gasteiger partial charge in [-0.2, -0.15) is 0 Å². The predicted octanol–water partition coefficient (Wildman–Crippen LogP) is 4.55. The molecular formula is C18H21ClN2. The van der Waals surface area contributed by atoms with E-state index in [1.807, 2.05) is 12.1 Å². The van der Waals surface area contributed by atoms with Crippen molar-refractivity contribution in [3.63, 3.8) is 0 Å². The second-order valence-electron chi connectivity index (χ2n) is 5.62. The zero-order valence-corrected chi connectivity index (χ0v) is 12.9. The molecule has 0 amide bonds. The average Bonchev–Trinajstić information content (AvgIpc) is 3.01. The number of likely N-dealkylation sites (tertiary alicyclic amines) is 1. The molecule has 1 saturated heterocycles. The fraction of sp³-hybridized carbons (Fsp3) is 0.333. The van der Waals surface area contributed by atoms with Crippen molar-refractivity contribution < 1.29 is 0 Å². The lowest BCUT2D eigenvalue weighted by Crippen LogP contribution is -2.19. The molecule has 2 nitrogen and oxygen atoms in total. The zero-order valence-electron chi connectivity index (χ0n) is 12.2. The van der Waals surface area contributed by atoms with Gasteiger partial charge < -0.3 is 5.32 Å². The van der Waals surface area contributed by atoms with Crippen molar-refractivity contribution in [2.75, 3.05) is 18.4 Å². The van der Waals surface area contributed by atoms with E-state index in [0.717, 1.165) is 18.1 Å². The Kier molecular flexibility index (Phi) is 4.79. The summed E-state index contributed by atoms with van der Waals surface area (Å²) >= 11 is 5.92. The highest BCUT2D eigenvalue weighted by molar-refractivity contribution is 6.30. The first-order valence-electron chi connectivity index (χ1n) is 7.60. The highest BCUT2D eigenvalue weighted by Gasteiger charge is 2.13. The molecule has 0 atom stereocenters. The maximum atomic E-state index is 5.92. The number of rotatable bonds is 5. The third-order valence-corrected chi connectivity index (χ3v) is 4.26. The molecule has 0 radical (unpaired) electrons. The minimum absolute atomic E-state index is 0.785. The van der Waals surface area contributed by atoms with Gasteiger partial charge in [0.25, 0.3) is 0 Å². The maximum Gasteiger partial charge on any atom is 0.0406 e. The van der Waals surface area contributed by atoms with Gasteiger partial charge in [0.15, 0.2) is 0 Å². The van der Waals surface area contributed by atoms with E-state index in [4.69, 9.17) is 11.6 Å². The van der Waals surface area contributed by atoms with E-state index in [2.05, 4.69) is 46.6 Å². The quantitative estimate of drug-likeness (QED) is 0.871. The highest BCUT2D eigenvalue weighted by atomic mass is 35.5. The molecule has 21 heavy (non-hydrogen) atoms. The number of nitrogens with one attached hydrogen (secondary N) is 1.